The third kappa shape index (κ3) is 3.14. The molecule has 0 bridgehead atoms. The molecule has 0 radical (unpaired) electrons. The number of methoxy groups -OCH3 is 1. The summed E-state index contributed by atoms with van der Waals surface area (Å²) in [6.45, 7) is 1.82. The Bertz CT molecular complexity index is 507. The molecule has 0 aromatic heterocycles. The number of carbonyl (C=O) groups excluding carboxylic acids is 2. The molecule has 0 atom stereocenters. The fourth-order valence-electron chi connectivity index (χ4n) is 2.14. The summed E-state index contributed by atoms with van der Waals surface area (Å²) in [4.78, 5) is 26.9. The molecule has 1 saturated heterocycles. The number of ether oxygens (including phenoxy) is 1. The lowest BCUT2D eigenvalue weighted by Crippen LogP contribution is -2.50. The molecule has 1 aromatic rings. The molecule has 0 saturated carbocycles. The molecule has 0 unspecified atom stereocenters. The van der Waals surface area contributed by atoms with Crippen molar-refractivity contribution < 1.29 is 14.3 Å². The Morgan fingerprint density at radius 2 is 1.75 bits per heavy atom. The van der Waals surface area contributed by atoms with E-state index in [1.807, 2.05) is 0 Å². The maximum Gasteiger partial charge on any atom is 0.409 e. The molecule has 0 aliphatic carbocycles. The predicted molar refractivity (Wildman–Crippen MR) is 75.7 cm³/mol. The molecular weight excluding hydrogens is 282 g/mol. The van der Waals surface area contributed by atoms with E-state index in [0.717, 1.165) is 0 Å². The van der Waals surface area contributed by atoms with Crippen molar-refractivity contribution in [3.63, 3.8) is 0 Å². The third-order valence-corrected chi connectivity index (χ3v) is 3.38. The Hall–Kier alpha value is -1.95. The second kappa shape index (κ2) is 6.00. The fourth-order valence-corrected chi connectivity index (χ4v) is 2.38. The van der Waals surface area contributed by atoms with Crippen molar-refractivity contribution >= 4 is 29.3 Å². The molecule has 1 aliphatic rings. The molecule has 1 aliphatic heterocycles. The van der Waals surface area contributed by atoms with E-state index >= 15 is 0 Å². The number of nitrogen functional groups attached to an aromatic ring is 1. The zero-order valence-electron chi connectivity index (χ0n) is 11.1. The number of anilines is 1. The van der Waals surface area contributed by atoms with E-state index in [4.69, 9.17) is 17.3 Å². The summed E-state index contributed by atoms with van der Waals surface area (Å²) in [5.74, 6) is -0.135. The Kier molecular flexibility index (Phi) is 4.34. The van der Waals surface area contributed by atoms with Gasteiger partial charge in [-0.1, -0.05) is 11.6 Å². The smallest absolute Gasteiger partial charge is 0.409 e. The molecule has 2 rings (SSSR count). The first-order valence-electron chi connectivity index (χ1n) is 6.19. The SMILES string of the molecule is COC(=O)N1CCN(C(=O)c2cc(N)cc(Cl)c2)CC1. The summed E-state index contributed by atoms with van der Waals surface area (Å²) >= 11 is 5.90. The van der Waals surface area contributed by atoms with Crippen molar-refractivity contribution in [2.24, 2.45) is 0 Å². The molecule has 0 spiro atoms. The van der Waals surface area contributed by atoms with Gasteiger partial charge in [-0.3, -0.25) is 4.79 Å². The van der Waals surface area contributed by atoms with Gasteiger partial charge in [0, 0.05) is 42.5 Å². The summed E-state index contributed by atoms with van der Waals surface area (Å²) in [6, 6.07) is 4.78. The van der Waals surface area contributed by atoms with Gasteiger partial charge in [-0.2, -0.15) is 0 Å². The minimum Gasteiger partial charge on any atom is -0.453 e. The number of hydrogen-bond donors (Lipinski definition) is 1. The van der Waals surface area contributed by atoms with Gasteiger partial charge in [0.15, 0.2) is 0 Å². The second-order valence-electron chi connectivity index (χ2n) is 4.52. The number of rotatable bonds is 1. The van der Waals surface area contributed by atoms with Crippen molar-refractivity contribution in [2.75, 3.05) is 39.0 Å². The maximum atomic E-state index is 12.3. The first-order valence-corrected chi connectivity index (χ1v) is 6.57. The Labute approximate surface area is 122 Å². The summed E-state index contributed by atoms with van der Waals surface area (Å²) in [5, 5.41) is 0.432. The van der Waals surface area contributed by atoms with Crippen molar-refractivity contribution in [2.45, 2.75) is 0 Å². The average molecular weight is 298 g/mol. The van der Waals surface area contributed by atoms with Gasteiger partial charge < -0.3 is 20.3 Å². The van der Waals surface area contributed by atoms with Gasteiger partial charge >= 0.3 is 6.09 Å². The van der Waals surface area contributed by atoms with Crippen LogP contribution in [0.15, 0.2) is 18.2 Å². The lowest BCUT2D eigenvalue weighted by atomic mass is 10.1. The molecule has 1 fully saturated rings. The largest absolute Gasteiger partial charge is 0.453 e. The van der Waals surface area contributed by atoms with Gasteiger partial charge in [-0.15, -0.1) is 0 Å². The predicted octanol–water partition coefficient (Wildman–Crippen LogP) is 1.45. The van der Waals surface area contributed by atoms with Gasteiger partial charge in [-0.05, 0) is 18.2 Å². The number of nitrogens with zero attached hydrogens (tertiary/aromatic N) is 2. The summed E-state index contributed by atoms with van der Waals surface area (Å²) in [7, 11) is 1.34. The van der Waals surface area contributed by atoms with Crippen molar-refractivity contribution in [1.82, 2.24) is 9.80 Å². The lowest BCUT2D eigenvalue weighted by molar-refractivity contribution is 0.0600. The van der Waals surface area contributed by atoms with E-state index in [1.165, 1.54) is 7.11 Å². The van der Waals surface area contributed by atoms with E-state index in [1.54, 1.807) is 28.0 Å². The highest BCUT2D eigenvalue weighted by Gasteiger charge is 2.25. The number of nitrogens with two attached hydrogens (primary N) is 1. The van der Waals surface area contributed by atoms with Crippen LogP contribution >= 0.6 is 11.6 Å². The standard InChI is InChI=1S/C13H16ClN3O3/c1-20-13(19)17-4-2-16(3-5-17)12(18)9-6-10(14)8-11(15)7-9/h6-8H,2-5,15H2,1H3. The van der Waals surface area contributed by atoms with Crippen LogP contribution in [-0.2, 0) is 4.74 Å². The lowest BCUT2D eigenvalue weighted by Gasteiger charge is -2.33. The van der Waals surface area contributed by atoms with Crippen LogP contribution in [0, 0.1) is 0 Å². The molecule has 7 heteroatoms. The highest BCUT2D eigenvalue weighted by Crippen LogP contribution is 2.18. The van der Waals surface area contributed by atoms with Crippen LogP contribution in [0.3, 0.4) is 0 Å². The zero-order valence-corrected chi connectivity index (χ0v) is 11.9. The van der Waals surface area contributed by atoms with E-state index in [2.05, 4.69) is 4.74 Å². The van der Waals surface area contributed by atoms with E-state index in [-0.39, 0.29) is 12.0 Å². The molecule has 2 amide bonds. The van der Waals surface area contributed by atoms with Gasteiger partial charge in [0.2, 0.25) is 0 Å². The fraction of sp³-hybridized carbons (Fsp3) is 0.385. The van der Waals surface area contributed by atoms with E-state index in [0.29, 0.717) is 42.5 Å². The van der Waals surface area contributed by atoms with Crippen LogP contribution in [-0.4, -0.2) is 55.1 Å². The van der Waals surface area contributed by atoms with Crippen LogP contribution in [0.4, 0.5) is 10.5 Å². The van der Waals surface area contributed by atoms with Crippen LogP contribution < -0.4 is 5.73 Å². The number of hydrogen-bond acceptors (Lipinski definition) is 4. The molecule has 1 heterocycles. The Morgan fingerprint density at radius 1 is 1.15 bits per heavy atom. The number of benzene rings is 1. The topological polar surface area (TPSA) is 75.9 Å². The van der Waals surface area contributed by atoms with Crippen molar-refractivity contribution in [1.29, 1.82) is 0 Å². The summed E-state index contributed by atoms with van der Waals surface area (Å²) in [5.41, 5.74) is 6.59. The van der Waals surface area contributed by atoms with Crippen molar-refractivity contribution in [3.8, 4) is 0 Å². The molecular formula is C13H16ClN3O3. The van der Waals surface area contributed by atoms with E-state index in [9.17, 15) is 9.59 Å². The zero-order chi connectivity index (χ0) is 14.7. The highest BCUT2D eigenvalue weighted by molar-refractivity contribution is 6.31. The highest BCUT2D eigenvalue weighted by atomic mass is 35.5. The van der Waals surface area contributed by atoms with Gasteiger partial charge in [0.25, 0.3) is 5.91 Å². The summed E-state index contributed by atoms with van der Waals surface area (Å²) < 4.78 is 4.65. The molecule has 2 N–H and O–H groups in total. The summed E-state index contributed by atoms with van der Waals surface area (Å²) in [6.07, 6.45) is -0.371. The second-order valence-corrected chi connectivity index (χ2v) is 4.96. The maximum absolute atomic E-state index is 12.3. The van der Waals surface area contributed by atoms with Gasteiger partial charge in [0.1, 0.15) is 0 Å². The number of amides is 2. The van der Waals surface area contributed by atoms with Crippen LogP contribution in [0.2, 0.25) is 5.02 Å². The van der Waals surface area contributed by atoms with Crippen LogP contribution in [0.5, 0.6) is 0 Å². The molecule has 1 aromatic carbocycles. The number of halogens is 1. The monoisotopic (exact) mass is 297 g/mol. The number of carbonyl (C=O) groups is 2. The third-order valence-electron chi connectivity index (χ3n) is 3.17. The minimum atomic E-state index is -0.371. The van der Waals surface area contributed by atoms with Crippen LogP contribution in [0.25, 0.3) is 0 Å². The molecule has 108 valence electrons. The van der Waals surface area contributed by atoms with Crippen molar-refractivity contribution in [3.05, 3.63) is 28.8 Å². The first kappa shape index (κ1) is 14.5. The quantitative estimate of drug-likeness (QED) is 0.796. The van der Waals surface area contributed by atoms with E-state index < -0.39 is 0 Å². The molecule has 20 heavy (non-hydrogen) atoms. The van der Waals surface area contributed by atoms with Gasteiger partial charge in [-0.25, -0.2) is 4.79 Å². The number of piperazine rings is 1. The van der Waals surface area contributed by atoms with Crippen LogP contribution in [0.1, 0.15) is 10.4 Å². The normalized spacial score (nSPS) is 15.1. The molecule has 6 nitrogen and oxygen atoms in total. The first-order chi connectivity index (χ1) is 9.51. The average Bonchev–Trinajstić information content (AvgIpc) is 2.45. The Morgan fingerprint density at radius 3 is 2.30 bits per heavy atom. The van der Waals surface area contributed by atoms with Gasteiger partial charge in [0.05, 0.1) is 7.11 Å². The minimum absolute atomic E-state index is 0.135. The Balaban J connectivity index is 2.03.